The van der Waals surface area contributed by atoms with Gasteiger partial charge in [-0.05, 0) is 64.0 Å². The molecule has 1 aromatic carbocycles. The van der Waals surface area contributed by atoms with E-state index < -0.39 is 0 Å². The number of benzene rings is 1. The second-order valence-electron chi connectivity index (χ2n) is 7.42. The van der Waals surface area contributed by atoms with Gasteiger partial charge >= 0.3 is 0 Å². The molecular weight excluding hydrogens is 396 g/mol. The summed E-state index contributed by atoms with van der Waals surface area (Å²) in [7, 11) is 0. The predicted octanol–water partition coefficient (Wildman–Crippen LogP) is 3.18. The SMILES string of the molecule is CC1CN(C(=O)C2CCN(CCOc3ccc(Br)cc3)CC2)CC(C)O1. The Labute approximate surface area is 164 Å². The number of nitrogens with zero attached hydrogens (tertiary/aromatic N) is 2. The van der Waals surface area contributed by atoms with E-state index in [0.29, 0.717) is 12.5 Å². The van der Waals surface area contributed by atoms with Gasteiger partial charge in [-0.3, -0.25) is 9.69 Å². The maximum absolute atomic E-state index is 12.8. The number of morpholine rings is 1. The molecule has 2 heterocycles. The Bertz CT molecular complexity index is 577. The van der Waals surface area contributed by atoms with Crippen LogP contribution in [0.3, 0.4) is 0 Å². The van der Waals surface area contributed by atoms with Gasteiger partial charge in [0, 0.05) is 30.0 Å². The smallest absolute Gasteiger partial charge is 0.225 e. The molecule has 0 aliphatic carbocycles. The first-order chi connectivity index (χ1) is 12.5. The summed E-state index contributed by atoms with van der Waals surface area (Å²) in [5.41, 5.74) is 0. The molecule has 0 spiro atoms. The topological polar surface area (TPSA) is 42.0 Å². The lowest BCUT2D eigenvalue weighted by Gasteiger charge is -2.39. The van der Waals surface area contributed by atoms with Gasteiger partial charge in [-0.1, -0.05) is 15.9 Å². The van der Waals surface area contributed by atoms with Crippen molar-refractivity contribution in [1.82, 2.24) is 9.80 Å². The highest BCUT2D eigenvalue weighted by atomic mass is 79.9. The molecule has 0 aromatic heterocycles. The number of rotatable bonds is 5. The van der Waals surface area contributed by atoms with Crippen LogP contribution in [0.2, 0.25) is 0 Å². The quantitative estimate of drug-likeness (QED) is 0.727. The van der Waals surface area contributed by atoms with Gasteiger partial charge in [-0.2, -0.15) is 0 Å². The second kappa shape index (κ2) is 9.20. The van der Waals surface area contributed by atoms with Gasteiger partial charge in [-0.25, -0.2) is 0 Å². The second-order valence-corrected chi connectivity index (χ2v) is 8.33. The third-order valence-corrected chi connectivity index (χ3v) is 5.69. The van der Waals surface area contributed by atoms with Gasteiger partial charge < -0.3 is 14.4 Å². The lowest BCUT2D eigenvalue weighted by Crippen LogP contribution is -2.51. The zero-order valence-corrected chi connectivity index (χ0v) is 17.3. The third kappa shape index (κ3) is 5.44. The van der Waals surface area contributed by atoms with E-state index in [2.05, 4.69) is 20.8 Å². The van der Waals surface area contributed by atoms with Gasteiger partial charge in [0.15, 0.2) is 0 Å². The van der Waals surface area contributed by atoms with E-state index in [1.165, 1.54) is 0 Å². The van der Waals surface area contributed by atoms with Crippen LogP contribution in [0.15, 0.2) is 28.7 Å². The summed E-state index contributed by atoms with van der Waals surface area (Å²) in [6.07, 6.45) is 2.16. The summed E-state index contributed by atoms with van der Waals surface area (Å²) >= 11 is 3.43. The molecule has 26 heavy (non-hydrogen) atoms. The molecule has 0 bridgehead atoms. The Balaban J connectivity index is 1.38. The van der Waals surface area contributed by atoms with E-state index in [1.807, 2.05) is 43.0 Å². The summed E-state index contributed by atoms with van der Waals surface area (Å²) < 4.78 is 12.6. The lowest BCUT2D eigenvalue weighted by molar-refractivity contribution is -0.148. The molecule has 2 saturated heterocycles. The number of halogens is 1. The summed E-state index contributed by atoms with van der Waals surface area (Å²) in [5.74, 6) is 1.38. The first-order valence-electron chi connectivity index (χ1n) is 9.56. The molecule has 1 aromatic rings. The Kier molecular flexibility index (Phi) is 6.95. The summed E-state index contributed by atoms with van der Waals surface area (Å²) in [5, 5.41) is 0. The van der Waals surface area contributed by atoms with Gasteiger partial charge in [0.25, 0.3) is 0 Å². The maximum Gasteiger partial charge on any atom is 0.225 e. The van der Waals surface area contributed by atoms with E-state index in [0.717, 1.165) is 55.8 Å². The summed E-state index contributed by atoms with van der Waals surface area (Å²) in [6, 6.07) is 7.91. The normalized spacial score (nSPS) is 25.3. The molecule has 2 unspecified atom stereocenters. The Hall–Kier alpha value is -1.11. The lowest BCUT2D eigenvalue weighted by atomic mass is 9.94. The number of amides is 1. The van der Waals surface area contributed by atoms with Crippen LogP contribution in [0.5, 0.6) is 5.75 Å². The Morgan fingerprint density at radius 2 is 1.77 bits per heavy atom. The maximum atomic E-state index is 12.8. The molecule has 2 atom stereocenters. The molecule has 144 valence electrons. The minimum absolute atomic E-state index is 0.138. The first kappa shape index (κ1) is 19.6. The number of ether oxygens (including phenoxy) is 2. The number of carbonyl (C=O) groups excluding carboxylic acids is 1. The molecular formula is C20H29BrN2O3. The van der Waals surface area contributed by atoms with E-state index in [9.17, 15) is 4.79 Å². The van der Waals surface area contributed by atoms with Crippen molar-refractivity contribution in [3.05, 3.63) is 28.7 Å². The number of piperidine rings is 1. The molecule has 1 amide bonds. The predicted molar refractivity (Wildman–Crippen MR) is 105 cm³/mol. The monoisotopic (exact) mass is 424 g/mol. The molecule has 3 rings (SSSR count). The molecule has 2 fully saturated rings. The van der Waals surface area contributed by atoms with Crippen LogP contribution in [0.4, 0.5) is 0 Å². The Morgan fingerprint density at radius 3 is 2.38 bits per heavy atom. The van der Waals surface area contributed by atoms with Crippen LogP contribution in [0.25, 0.3) is 0 Å². The van der Waals surface area contributed by atoms with Gasteiger partial charge in [0.05, 0.1) is 12.2 Å². The average Bonchev–Trinajstić information content (AvgIpc) is 2.62. The zero-order chi connectivity index (χ0) is 18.5. The highest BCUT2D eigenvalue weighted by Crippen LogP contribution is 2.22. The highest BCUT2D eigenvalue weighted by Gasteiger charge is 2.32. The van der Waals surface area contributed by atoms with Crippen LogP contribution >= 0.6 is 15.9 Å². The number of likely N-dealkylation sites (tertiary alicyclic amines) is 1. The fourth-order valence-electron chi connectivity index (χ4n) is 3.84. The average molecular weight is 425 g/mol. The van der Waals surface area contributed by atoms with Crippen LogP contribution in [-0.2, 0) is 9.53 Å². The minimum Gasteiger partial charge on any atom is -0.492 e. The van der Waals surface area contributed by atoms with Crippen molar-refractivity contribution in [2.75, 3.05) is 39.3 Å². The minimum atomic E-state index is 0.138. The number of hydrogen-bond acceptors (Lipinski definition) is 4. The van der Waals surface area contributed by atoms with Crippen molar-refractivity contribution in [1.29, 1.82) is 0 Å². The van der Waals surface area contributed by atoms with E-state index in [-0.39, 0.29) is 18.1 Å². The number of hydrogen-bond donors (Lipinski definition) is 0. The Morgan fingerprint density at radius 1 is 1.15 bits per heavy atom. The van der Waals surface area contributed by atoms with E-state index in [4.69, 9.17) is 9.47 Å². The number of carbonyl (C=O) groups is 1. The molecule has 5 nitrogen and oxygen atoms in total. The first-order valence-corrected chi connectivity index (χ1v) is 10.4. The van der Waals surface area contributed by atoms with Crippen LogP contribution in [-0.4, -0.2) is 67.2 Å². The zero-order valence-electron chi connectivity index (χ0n) is 15.7. The molecule has 6 heteroatoms. The van der Waals surface area contributed by atoms with E-state index >= 15 is 0 Å². The fourth-order valence-corrected chi connectivity index (χ4v) is 4.11. The third-order valence-electron chi connectivity index (χ3n) is 5.16. The van der Waals surface area contributed by atoms with Gasteiger partial charge in [0.2, 0.25) is 5.91 Å². The molecule has 0 radical (unpaired) electrons. The van der Waals surface area contributed by atoms with Crippen LogP contribution in [0.1, 0.15) is 26.7 Å². The van der Waals surface area contributed by atoms with Crippen LogP contribution < -0.4 is 4.74 Å². The largest absolute Gasteiger partial charge is 0.492 e. The molecule has 0 N–H and O–H groups in total. The highest BCUT2D eigenvalue weighted by molar-refractivity contribution is 9.10. The van der Waals surface area contributed by atoms with Crippen molar-refractivity contribution in [2.24, 2.45) is 5.92 Å². The molecule has 2 aliphatic heterocycles. The fraction of sp³-hybridized carbons (Fsp3) is 0.650. The molecule has 2 aliphatic rings. The summed E-state index contributed by atoms with van der Waals surface area (Å²) in [4.78, 5) is 17.2. The van der Waals surface area contributed by atoms with Gasteiger partial charge in [0.1, 0.15) is 12.4 Å². The van der Waals surface area contributed by atoms with Gasteiger partial charge in [-0.15, -0.1) is 0 Å². The summed E-state index contributed by atoms with van der Waals surface area (Å²) in [6.45, 7) is 9.06. The van der Waals surface area contributed by atoms with Crippen molar-refractivity contribution < 1.29 is 14.3 Å². The molecule has 0 saturated carbocycles. The van der Waals surface area contributed by atoms with Crippen molar-refractivity contribution in [3.8, 4) is 5.75 Å². The standard InChI is InChI=1S/C20H29BrN2O3/c1-15-13-23(14-16(2)26-15)20(24)17-7-9-22(10-8-17)11-12-25-19-5-3-18(21)4-6-19/h3-6,15-17H,7-14H2,1-2H3. The van der Waals surface area contributed by atoms with Crippen LogP contribution in [0, 0.1) is 5.92 Å². The van der Waals surface area contributed by atoms with Crippen molar-refractivity contribution in [3.63, 3.8) is 0 Å². The van der Waals surface area contributed by atoms with Crippen molar-refractivity contribution >= 4 is 21.8 Å². The van der Waals surface area contributed by atoms with E-state index in [1.54, 1.807) is 0 Å². The van der Waals surface area contributed by atoms with Crippen molar-refractivity contribution in [2.45, 2.75) is 38.9 Å².